The maximum absolute atomic E-state index is 12.8. The van der Waals surface area contributed by atoms with Gasteiger partial charge in [0.25, 0.3) is 5.69 Å². The van der Waals surface area contributed by atoms with E-state index >= 15 is 0 Å². The van der Waals surface area contributed by atoms with Crippen LogP contribution in [0, 0.1) is 15.9 Å². The Morgan fingerprint density at radius 1 is 1.10 bits per heavy atom. The lowest BCUT2D eigenvalue weighted by Crippen LogP contribution is -2.08. The van der Waals surface area contributed by atoms with E-state index in [1.54, 1.807) is 12.1 Å². The second-order valence-corrected chi connectivity index (χ2v) is 4.70. The summed E-state index contributed by atoms with van der Waals surface area (Å²) >= 11 is 0. The monoisotopic (exact) mass is 287 g/mol. The lowest BCUT2D eigenvalue weighted by Gasteiger charge is -1.98. The van der Waals surface area contributed by atoms with E-state index < -0.39 is 22.9 Å². The minimum atomic E-state index is -0.614. The van der Waals surface area contributed by atoms with Crippen molar-refractivity contribution in [1.29, 1.82) is 0 Å². The van der Waals surface area contributed by atoms with Crippen molar-refractivity contribution >= 4 is 11.5 Å². The van der Waals surface area contributed by atoms with Gasteiger partial charge in [-0.3, -0.25) is 14.9 Å². The molecule has 0 amide bonds. The highest BCUT2D eigenvalue weighted by Crippen LogP contribution is 2.41. The first-order chi connectivity index (χ1) is 10.1. The third-order valence-corrected chi connectivity index (χ3v) is 3.31. The van der Waals surface area contributed by atoms with E-state index in [9.17, 15) is 19.3 Å². The number of hydrogen-bond acceptors (Lipinski definition) is 4. The molecule has 21 heavy (non-hydrogen) atoms. The summed E-state index contributed by atoms with van der Waals surface area (Å²) in [5, 5.41) is 10.6. The number of nitrogens with zero attached hydrogens (tertiary/aromatic N) is 1. The molecule has 0 saturated carbocycles. The van der Waals surface area contributed by atoms with Crippen molar-refractivity contribution < 1.29 is 18.8 Å². The molecule has 5 nitrogen and oxygen atoms in total. The van der Waals surface area contributed by atoms with Crippen molar-refractivity contribution in [1.82, 2.24) is 0 Å². The van der Waals surface area contributed by atoms with Gasteiger partial charge in [-0.05, 0) is 42.0 Å². The van der Waals surface area contributed by atoms with E-state index in [0.717, 1.165) is 0 Å². The second kappa shape index (κ2) is 5.06. The van der Waals surface area contributed by atoms with Crippen LogP contribution in [0.3, 0.4) is 0 Å². The average Bonchev–Trinajstić information content (AvgIpc) is 3.28. The number of epoxide rings is 1. The van der Waals surface area contributed by atoms with Crippen molar-refractivity contribution in [2.75, 3.05) is 0 Å². The molecule has 2 atom stereocenters. The lowest BCUT2D eigenvalue weighted by atomic mass is 10.0. The number of ether oxygens (including phenoxy) is 1. The number of benzene rings is 2. The van der Waals surface area contributed by atoms with Crippen LogP contribution in [0.5, 0.6) is 0 Å². The van der Waals surface area contributed by atoms with Crippen LogP contribution in [0.2, 0.25) is 0 Å². The fraction of sp³-hybridized carbons (Fsp3) is 0.133. The van der Waals surface area contributed by atoms with Crippen molar-refractivity contribution in [3.05, 3.63) is 75.6 Å². The Bertz CT molecular complexity index is 697. The largest absolute Gasteiger partial charge is 0.356 e. The zero-order valence-corrected chi connectivity index (χ0v) is 10.7. The Hall–Kier alpha value is -2.60. The zero-order chi connectivity index (χ0) is 15.0. The fourth-order valence-corrected chi connectivity index (χ4v) is 2.13. The minimum Gasteiger partial charge on any atom is -0.356 e. The highest BCUT2D eigenvalue weighted by Gasteiger charge is 2.46. The Labute approximate surface area is 119 Å². The van der Waals surface area contributed by atoms with Gasteiger partial charge in [0.15, 0.2) is 11.9 Å². The summed E-state index contributed by atoms with van der Waals surface area (Å²) in [6.45, 7) is 0. The van der Waals surface area contributed by atoms with Crippen LogP contribution in [0.4, 0.5) is 10.1 Å². The third kappa shape index (κ3) is 2.66. The summed E-state index contributed by atoms with van der Waals surface area (Å²) in [6, 6.07) is 11.1. The maximum Gasteiger partial charge on any atom is 0.269 e. The molecule has 1 fully saturated rings. The van der Waals surface area contributed by atoms with Crippen LogP contribution in [-0.4, -0.2) is 16.8 Å². The third-order valence-electron chi connectivity index (χ3n) is 3.31. The molecular weight excluding hydrogens is 277 g/mol. The van der Waals surface area contributed by atoms with Crippen LogP contribution in [0.25, 0.3) is 0 Å². The number of carbonyl (C=O) groups excluding carboxylic acids is 1. The second-order valence-electron chi connectivity index (χ2n) is 4.70. The first kappa shape index (κ1) is 13.4. The molecule has 0 radical (unpaired) electrons. The summed E-state index contributed by atoms with van der Waals surface area (Å²) in [5.74, 6) is -0.631. The van der Waals surface area contributed by atoms with Gasteiger partial charge in [0.2, 0.25) is 0 Å². The van der Waals surface area contributed by atoms with Crippen molar-refractivity contribution in [2.24, 2.45) is 0 Å². The molecule has 0 spiro atoms. The molecule has 0 bridgehead atoms. The summed E-state index contributed by atoms with van der Waals surface area (Å²) in [6.07, 6.45) is -1.01. The molecule has 0 aromatic heterocycles. The van der Waals surface area contributed by atoms with Gasteiger partial charge in [-0.25, -0.2) is 4.39 Å². The molecular formula is C15H10FNO4. The van der Waals surface area contributed by atoms with Crippen LogP contribution in [0.1, 0.15) is 22.0 Å². The zero-order valence-electron chi connectivity index (χ0n) is 10.7. The number of hydrogen-bond donors (Lipinski definition) is 0. The number of nitro benzene ring substituents is 1. The molecule has 0 unspecified atom stereocenters. The van der Waals surface area contributed by atoms with E-state index in [-0.39, 0.29) is 11.5 Å². The van der Waals surface area contributed by atoms with Gasteiger partial charge in [0.05, 0.1) is 4.92 Å². The quantitative estimate of drug-likeness (QED) is 0.375. The van der Waals surface area contributed by atoms with Crippen LogP contribution >= 0.6 is 0 Å². The van der Waals surface area contributed by atoms with Crippen LogP contribution in [0.15, 0.2) is 48.5 Å². The SMILES string of the molecule is O=C(c1ccc(F)cc1)[C@H]1O[C@@H]1c1ccc([N+](=O)[O-])cc1. The van der Waals surface area contributed by atoms with Gasteiger partial charge in [0.1, 0.15) is 11.9 Å². The number of Topliss-reactive ketones (excluding diaryl/α,β-unsaturated/α-hetero) is 1. The van der Waals surface area contributed by atoms with E-state index in [1.807, 2.05) is 0 Å². The highest BCUT2D eigenvalue weighted by atomic mass is 19.1. The standard InChI is InChI=1S/C15H10FNO4/c16-11-5-1-9(2-6-11)13(18)15-14(21-15)10-3-7-12(8-4-10)17(19)20/h1-8,14-15H/t14-,15-/m1/s1. The van der Waals surface area contributed by atoms with E-state index in [1.165, 1.54) is 36.4 Å². The maximum atomic E-state index is 12.8. The van der Waals surface area contributed by atoms with Crippen LogP contribution < -0.4 is 0 Å². The lowest BCUT2D eigenvalue weighted by molar-refractivity contribution is -0.384. The molecule has 3 rings (SSSR count). The first-order valence-electron chi connectivity index (χ1n) is 6.26. The Morgan fingerprint density at radius 2 is 1.71 bits per heavy atom. The van der Waals surface area contributed by atoms with Crippen molar-refractivity contribution in [2.45, 2.75) is 12.2 Å². The molecule has 106 valence electrons. The van der Waals surface area contributed by atoms with E-state index in [4.69, 9.17) is 4.74 Å². The molecule has 2 aromatic carbocycles. The molecule has 2 aromatic rings. The summed E-state index contributed by atoms with van der Waals surface area (Å²) in [4.78, 5) is 22.2. The minimum absolute atomic E-state index is 0.0131. The number of nitro groups is 1. The Kier molecular flexibility index (Phi) is 3.23. The molecule has 1 saturated heterocycles. The summed E-state index contributed by atoms with van der Waals surface area (Å²) < 4.78 is 18.2. The molecule has 1 aliphatic heterocycles. The predicted octanol–water partition coefficient (Wildman–Crippen LogP) is 3.06. The van der Waals surface area contributed by atoms with Gasteiger partial charge in [-0.1, -0.05) is 0 Å². The normalized spacial score (nSPS) is 20.0. The van der Waals surface area contributed by atoms with Gasteiger partial charge in [-0.2, -0.15) is 0 Å². The smallest absolute Gasteiger partial charge is 0.269 e. The van der Waals surface area contributed by atoms with Crippen molar-refractivity contribution in [3.63, 3.8) is 0 Å². The molecule has 1 aliphatic rings. The first-order valence-corrected chi connectivity index (χ1v) is 6.26. The molecule has 1 heterocycles. The van der Waals surface area contributed by atoms with Gasteiger partial charge >= 0.3 is 0 Å². The average molecular weight is 287 g/mol. The van der Waals surface area contributed by atoms with Gasteiger partial charge < -0.3 is 4.74 Å². The predicted molar refractivity (Wildman–Crippen MR) is 71.4 cm³/mol. The Balaban J connectivity index is 1.72. The topological polar surface area (TPSA) is 72.7 Å². The summed E-state index contributed by atoms with van der Waals surface area (Å²) in [7, 11) is 0. The highest BCUT2D eigenvalue weighted by molar-refractivity contribution is 6.01. The van der Waals surface area contributed by atoms with Crippen LogP contribution in [-0.2, 0) is 4.74 Å². The number of ketones is 1. The number of rotatable bonds is 4. The number of carbonyl (C=O) groups is 1. The van der Waals surface area contributed by atoms with E-state index in [2.05, 4.69) is 0 Å². The Morgan fingerprint density at radius 3 is 2.29 bits per heavy atom. The fourth-order valence-electron chi connectivity index (χ4n) is 2.13. The van der Waals surface area contributed by atoms with Gasteiger partial charge in [0, 0.05) is 17.7 Å². The molecule has 0 N–H and O–H groups in total. The number of non-ortho nitro benzene ring substituents is 1. The number of halogens is 1. The summed E-state index contributed by atoms with van der Waals surface area (Å²) in [5.41, 5.74) is 1.08. The van der Waals surface area contributed by atoms with E-state index in [0.29, 0.717) is 11.1 Å². The van der Waals surface area contributed by atoms with Gasteiger partial charge in [-0.15, -0.1) is 0 Å². The molecule has 6 heteroatoms. The molecule has 0 aliphatic carbocycles. The van der Waals surface area contributed by atoms with Crippen molar-refractivity contribution in [3.8, 4) is 0 Å².